The van der Waals surface area contributed by atoms with Crippen LogP contribution in [-0.2, 0) is 9.59 Å². The lowest BCUT2D eigenvalue weighted by Gasteiger charge is -2.19. The van der Waals surface area contributed by atoms with E-state index in [9.17, 15) is 27.2 Å². The van der Waals surface area contributed by atoms with Crippen molar-refractivity contribution >= 4 is 11.8 Å². The van der Waals surface area contributed by atoms with Gasteiger partial charge in [-0.3, -0.25) is 9.59 Å². The van der Waals surface area contributed by atoms with Gasteiger partial charge in [-0.15, -0.1) is 0 Å². The summed E-state index contributed by atoms with van der Waals surface area (Å²) >= 11 is 0. The van der Waals surface area contributed by atoms with Crippen molar-refractivity contribution in [1.82, 2.24) is 10.2 Å². The highest BCUT2D eigenvalue weighted by molar-refractivity contribution is 5.87. The van der Waals surface area contributed by atoms with Gasteiger partial charge in [0, 0.05) is 13.0 Å². The maximum Gasteiger partial charge on any atom is 0.406 e. The average Bonchev–Trinajstić information content (AvgIpc) is 3.23. The molecule has 1 aliphatic carbocycles. The monoisotopic (exact) mass is 332 g/mol. The molecule has 1 N–H and O–H groups in total. The van der Waals surface area contributed by atoms with Gasteiger partial charge in [0.25, 0.3) is 0 Å². The number of hydrogen-bond donors (Lipinski definition) is 1. The highest BCUT2D eigenvalue weighted by Crippen LogP contribution is 2.47. The summed E-state index contributed by atoms with van der Waals surface area (Å²) in [6.45, 7) is -1.83. The molecule has 1 saturated carbocycles. The van der Waals surface area contributed by atoms with Crippen LogP contribution in [0.15, 0.2) is 24.3 Å². The smallest absolute Gasteiger partial charge is 0.347 e. The van der Waals surface area contributed by atoms with Crippen molar-refractivity contribution in [2.24, 2.45) is 5.92 Å². The Morgan fingerprint density at radius 2 is 1.87 bits per heavy atom. The summed E-state index contributed by atoms with van der Waals surface area (Å²) in [5.41, 5.74) is 0.826. The van der Waals surface area contributed by atoms with Crippen LogP contribution >= 0.6 is 0 Å². The molecule has 1 aromatic carbocycles. The molecular weight excluding hydrogens is 316 g/mol. The second-order valence-electron chi connectivity index (χ2n) is 5.58. The zero-order valence-electron chi connectivity index (χ0n) is 12.4. The number of alkyl halides is 3. The summed E-state index contributed by atoms with van der Waals surface area (Å²) in [5, 5.41) is 2.35. The number of hydrogen-bond acceptors (Lipinski definition) is 2. The predicted octanol–water partition coefficient (Wildman–Crippen LogP) is 2.07. The quantitative estimate of drug-likeness (QED) is 0.839. The SMILES string of the molecule is CN(CC(F)(F)F)C(=O)CNC(=O)[C@H]1C[C@@H]1c1ccc(F)cc1. The minimum atomic E-state index is -4.47. The molecule has 126 valence electrons. The van der Waals surface area contributed by atoms with Crippen LogP contribution in [0.5, 0.6) is 0 Å². The first kappa shape index (κ1) is 17.2. The Morgan fingerprint density at radius 3 is 2.43 bits per heavy atom. The van der Waals surface area contributed by atoms with Gasteiger partial charge in [0.1, 0.15) is 12.4 Å². The number of rotatable bonds is 5. The highest BCUT2D eigenvalue weighted by Gasteiger charge is 2.44. The Balaban J connectivity index is 1.78. The zero-order chi connectivity index (χ0) is 17.2. The fourth-order valence-corrected chi connectivity index (χ4v) is 2.35. The van der Waals surface area contributed by atoms with Crippen molar-refractivity contribution in [3.8, 4) is 0 Å². The number of carbonyl (C=O) groups excluding carboxylic acids is 2. The van der Waals surface area contributed by atoms with E-state index in [1.54, 1.807) is 12.1 Å². The van der Waals surface area contributed by atoms with Crippen molar-refractivity contribution in [3.05, 3.63) is 35.6 Å². The van der Waals surface area contributed by atoms with Crippen molar-refractivity contribution in [2.45, 2.75) is 18.5 Å². The third-order valence-electron chi connectivity index (χ3n) is 3.68. The lowest BCUT2D eigenvalue weighted by atomic mass is 10.1. The third kappa shape index (κ3) is 4.94. The molecule has 2 amide bonds. The summed E-state index contributed by atoms with van der Waals surface area (Å²) in [6, 6.07) is 5.79. The molecule has 0 radical (unpaired) electrons. The molecule has 8 heteroatoms. The van der Waals surface area contributed by atoms with E-state index in [2.05, 4.69) is 5.32 Å². The van der Waals surface area contributed by atoms with Gasteiger partial charge in [-0.2, -0.15) is 13.2 Å². The number of halogens is 4. The zero-order valence-corrected chi connectivity index (χ0v) is 12.4. The molecule has 0 aromatic heterocycles. The maximum atomic E-state index is 12.8. The Labute approximate surface area is 130 Å². The van der Waals surface area contributed by atoms with Crippen LogP contribution in [-0.4, -0.2) is 43.0 Å². The summed E-state index contributed by atoms with van der Waals surface area (Å²) in [6.07, 6.45) is -3.90. The first-order valence-corrected chi connectivity index (χ1v) is 7.01. The second kappa shape index (κ2) is 6.55. The molecule has 0 saturated heterocycles. The summed E-state index contributed by atoms with van der Waals surface area (Å²) in [7, 11) is 1.03. The van der Waals surface area contributed by atoms with Crippen LogP contribution in [0.4, 0.5) is 17.6 Å². The minimum absolute atomic E-state index is 0.0430. The van der Waals surface area contributed by atoms with E-state index in [0.29, 0.717) is 11.3 Å². The van der Waals surface area contributed by atoms with Crippen molar-refractivity contribution < 1.29 is 27.2 Å². The standard InChI is InChI=1S/C15H16F4N2O2/c1-21(8-15(17,18)19)13(22)7-20-14(23)12-6-11(12)9-2-4-10(16)5-3-9/h2-5,11-12H,6-8H2,1H3,(H,20,23)/t11-,12+/m1/s1. The molecular formula is C15H16F4N2O2. The highest BCUT2D eigenvalue weighted by atomic mass is 19.4. The van der Waals surface area contributed by atoms with E-state index in [0.717, 1.165) is 12.6 Å². The molecule has 0 aliphatic heterocycles. The Bertz CT molecular complexity index is 586. The first-order chi connectivity index (χ1) is 10.7. The number of nitrogens with one attached hydrogen (secondary N) is 1. The normalized spacial score (nSPS) is 20.0. The Kier molecular flexibility index (Phi) is 4.91. The third-order valence-corrected chi connectivity index (χ3v) is 3.68. The predicted molar refractivity (Wildman–Crippen MR) is 73.9 cm³/mol. The Morgan fingerprint density at radius 1 is 1.26 bits per heavy atom. The van der Waals surface area contributed by atoms with Gasteiger partial charge in [0.2, 0.25) is 11.8 Å². The van der Waals surface area contributed by atoms with Gasteiger partial charge in [-0.05, 0) is 30.0 Å². The molecule has 2 atom stereocenters. The molecule has 1 aliphatic rings. The van der Waals surface area contributed by atoms with E-state index in [-0.39, 0.29) is 23.6 Å². The lowest BCUT2D eigenvalue weighted by Crippen LogP contribution is -2.42. The lowest BCUT2D eigenvalue weighted by molar-refractivity contribution is -0.158. The topological polar surface area (TPSA) is 49.4 Å². The molecule has 1 aromatic rings. The van der Waals surface area contributed by atoms with Gasteiger partial charge in [0.15, 0.2) is 0 Å². The van der Waals surface area contributed by atoms with Gasteiger partial charge in [-0.25, -0.2) is 4.39 Å². The van der Waals surface area contributed by atoms with Crippen LogP contribution in [0.25, 0.3) is 0 Å². The van der Waals surface area contributed by atoms with Crippen molar-refractivity contribution in [3.63, 3.8) is 0 Å². The largest absolute Gasteiger partial charge is 0.406 e. The van der Waals surface area contributed by atoms with Gasteiger partial charge in [0.05, 0.1) is 6.54 Å². The van der Waals surface area contributed by atoms with Gasteiger partial charge >= 0.3 is 6.18 Å². The summed E-state index contributed by atoms with van der Waals surface area (Å²) in [4.78, 5) is 23.9. The molecule has 2 rings (SSSR count). The molecule has 1 fully saturated rings. The number of amides is 2. The van der Waals surface area contributed by atoms with Crippen LogP contribution in [0.3, 0.4) is 0 Å². The van der Waals surface area contributed by atoms with Crippen LogP contribution < -0.4 is 5.32 Å². The molecule has 23 heavy (non-hydrogen) atoms. The number of carbonyl (C=O) groups is 2. The van der Waals surface area contributed by atoms with Gasteiger partial charge in [-0.1, -0.05) is 12.1 Å². The van der Waals surface area contributed by atoms with E-state index in [1.165, 1.54) is 12.1 Å². The van der Waals surface area contributed by atoms with Crippen LogP contribution in [0.1, 0.15) is 17.9 Å². The van der Waals surface area contributed by atoms with Gasteiger partial charge < -0.3 is 10.2 Å². The maximum absolute atomic E-state index is 12.8. The summed E-state index contributed by atoms with van der Waals surface area (Å²) < 4.78 is 49.3. The molecule has 0 heterocycles. The Hall–Kier alpha value is -2.12. The van der Waals surface area contributed by atoms with E-state index in [1.807, 2.05) is 0 Å². The van der Waals surface area contributed by atoms with E-state index < -0.39 is 25.2 Å². The average molecular weight is 332 g/mol. The minimum Gasteiger partial charge on any atom is -0.347 e. The van der Waals surface area contributed by atoms with Crippen molar-refractivity contribution in [1.29, 1.82) is 0 Å². The van der Waals surface area contributed by atoms with E-state index >= 15 is 0 Å². The number of nitrogens with zero attached hydrogens (tertiary/aromatic N) is 1. The number of benzene rings is 1. The fourth-order valence-electron chi connectivity index (χ4n) is 2.35. The van der Waals surface area contributed by atoms with Crippen LogP contribution in [0, 0.1) is 11.7 Å². The number of likely N-dealkylation sites (N-methyl/N-ethyl adjacent to an activating group) is 1. The molecule has 0 bridgehead atoms. The second-order valence-corrected chi connectivity index (χ2v) is 5.58. The molecule has 0 unspecified atom stereocenters. The fraction of sp³-hybridized carbons (Fsp3) is 0.467. The summed E-state index contributed by atoms with van der Waals surface area (Å²) in [5.74, 6) is -1.93. The van der Waals surface area contributed by atoms with Crippen molar-refractivity contribution in [2.75, 3.05) is 20.1 Å². The molecule has 4 nitrogen and oxygen atoms in total. The van der Waals surface area contributed by atoms with E-state index in [4.69, 9.17) is 0 Å². The molecule has 0 spiro atoms. The van der Waals surface area contributed by atoms with Crippen LogP contribution in [0.2, 0.25) is 0 Å². The first-order valence-electron chi connectivity index (χ1n) is 7.01.